The zero-order valence-electron chi connectivity index (χ0n) is 13.2. The molecule has 4 nitrogen and oxygen atoms in total. The summed E-state index contributed by atoms with van der Waals surface area (Å²) in [6.45, 7) is 5.09. The Hall–Kier alpha value is -1.39. The van der Waals surface area contributed by atoms with Gasteiger partial charge in [-0.15, -0.1) is 0 Å². The topological polar surface area (TPSA) is 41.6 Å². The zero-order chi connectivity index (χ0) is 15.2. The first-order valence-electron chi connectivity index (χ1n) is 8.44. The monoisotopic (exact) mass is 302 g/mol. The minimum absolute atomic E-state index is 0.192. The van der Waals surface area contributed by atoms with Gasteiger partial charge in [-0.05, 0) is 31.4 Å². The summed E-state index contributed by atoms with van der Waals surface area (Å²) in [6.07, 6.45) is 3.23. The smallest absolute Gasteiger partial charge is 0.226 e. The lowest BCUT2D eigenvalue weighted by molar-refractivity contribution is -0.135. The van der Waals surface area contributed by atoms with Crippen LogP contribution in [0.2, 0.25) is 0 Å². The van der Waals surface area contributed by atoms with Crippen LogP contribution in [0.3, 0.4) is 0 Å². The molecular formula is C18H26N2O2. The number of amides is 1. The summed E-state index contributed by atoms with van der Waals surface area (Å²) in [5, 5.41) is 3.33. The van der Waals surface area contributed by atoms with Crippen LogP contribution >= 0.6 is 0 Å². The van der Waals surface area contributed by atoms with Crippen LogP contribution in [0.4, 0.5) is 0 Å². The van der Waals surface area contributed by atoms with Gasteiger partial charge in [-0.1, -0.05) is 30.3 Å². The third kappa shape index (κ3) is 4.08. The van der Waals surface area contributed by atoms with Gasteiger partial charge in [-0.2, -0.15) is 0 Å². The van der Waals surface area contributed by atoms with Gasteiger partial charge in [0.15, 0.2) is 0 Å². The fourth-order valence-electron chi connectivity index (χ4n) is 3.41. The van der Waals surface area contributed by atoms with E-state index in [1.807, 2.05) is 23.1 Å². The third-order valence-electron chi connectivity index (χ3n) is 4.71. The van der Waals surface area contributed by atoms with Crippen molar-refractivity contribution < 1.29 is 9.53 Å². The highest BCUT2D eigenvalue weighted by Crippen LogP contribution is 2.21. The second-order valence-electron chi connectivity index (χ2n) is 6.48. The number of carbonyl (C=O) groups excluding carboxylic acids is 1. The molecule has 22 heavy (non-hydrogen) atoms. The number of hydrogen-bond acceptors (Lipinski definition) is 3. The first-order valence-corrected chi connectivity index (χ1v) is 8.44. The molecule has 1 aromatic carbocycles. The van der Waals surface area contributed by atoms with Gasteiger partial charge in [-0.25, -0.2) is 0 Å². The van der Waals surface area contributed by atoms with Crippen molar-refractivity contribution in [1.82, 2.24) is 10.2 Å². The number of likely N-dealkylation sites (tertiary alicyclic amines) is 1. The van der Waals surface area contributed by atoms with Crippen molar-refractivity contribution >= 4 is 5.91 Å². The molecule has 120 valence electrons. The summed E-state index contributed by atoms with van der Waals surface area (Å²) >= 11 is 0. The number of nitrogens with zero attached hydrogens (tertiary/aromatic N) is 1. The van der Waals surface area contributed by atoms with E-state index < -0.39 is 0 Å². The Balaban J connectivity index is 1.39. The lowest BCUT2D eigenvalue weighted by Crippen LogP contribution is -2.42. The van der Waals surface area contributed by atoms with E-state index in [4.69, 9.17) is 4.74 Å². The van der Waals surface area contributed by atoms with Gasteiger partial charge in [0.25, 0.3) is 0 Å². The van der Waals surface area contributed by atoms with Crippen molar-refractivity contribution in [2.75, 3.05) is 32.8 Å². The van der Waals surface area contributed by atoms with Crippen molar-refractivity contribution in [3.05, 3.63) is 35.9 Å². The van der Waals surface area contributed by atoms with Crippen LogP contribution in [0.5, 0.6) is 0 Å². The molecule has 2 aliphatic rings. The van der Waals surface area contributed by atoms with Crippen molar-refractivity contribution in [3.63, 3.8) is 0 Å². The van der Waals surface area contributed by atoms with Gasteiger partial charge in [0, 0.05) is 25.6 Å². The largest absolute Gasteiger partial charge is 0.376 e. The minimum atomic E-state index is 0.192. The summed E-state index contributed by atoms with van der Waals surface area (Å²) in [6, 6.07) is 10.3. The number of piperidine rings is 1. The molecule has 1 amide bonds. The fourth-order valence-corrected chi connectivity index (χ4v) is 3.41. The van der Waals surface area contributed by atoms with E-state index in [1.165, 1.54) is 5.56 Å². The highest BCUT2D eigenvalue weighted by molar-refractivity contribution is 5.79. The minimum Gasteiger partial charge on any atom is -0.376 e. The maximum absolute atomic E-state index is 12.5. The second-order valence-corrected chi connectivity index (χ2v) is 6.48. The average molecular weight is 302 g/mol. The predicted molar refractivity (Wildman–Crippen MR) is 86.4 cm³/mol. The Labute approximate surface area is 132 Å². The third-order valence-corrected chi connectivity index (χ3v) is 4.71. The Bertz CT molecular complexity index is 471. The first kappa shape index (κ1) is 15.5. The van der Waals surface area contributed by atoms with Gasteiger partial charge >= 0.3 is 0 Å². The molecule has 0 aliphatic carbocycles. The van der Waals surface area contributed by atoms with Crippen molar-refractivity contribution in [2.24, 2.45) is 11.8 Å². The van der Waals surface area contributed by atoms with Crippen molar-refractivity contribution in [1.29, 1.82) is 0 Å². The van der Waals surface area contributed by atoms with E-state index in [0.29, 0.717) is 18.4 Å². The van der Waals surface area contributed by atoms with E-state index in [1.54, 1.807) is 0 Å². The van der Waals surface area contributed by atoms with Crippen LogP contribution in [0.15, 0.2) is 30.3 Å². The van der Waals surface area contributed by atoms with E-state index in [2.05, 4.69) is 17.4 Å². The average Bonchev–Trinajstić information content (AvgIpc) is 3.05. The second kappa shape index (κ2) is 7.75. The first-order chi connectivity index (χ1) is 10.8. The molecule has 1 aromatic rings. The lowest BCUT2D eigenvalue weighted by atomic mass is 9.98. The molecule has 2 heterocycles. The molecule has 2 saturated heterocycles. The van der Waals surface area contributed by atoms with E-state index >= 15 is 0 Å². The standard InChI is InChI=1S/C18H26N2O2/c21-18(17-7-4-9-19-11-17)20-10-8-16(12-20)14-22-13-15-5-2-1-3-6-15/h1-3,5-6,16-17,19H,4,7-14H2. The molecule has 2 fully saturated rings. The van der Waals surface area contributed by atoms with Crippen LogP contribution < -0.4 is 5.32 Å². The maximum Gasteiger partial charge on any atom is 0.226 e. The molecular weight excluding hydrogens is 276 g/mol. The number of hydrogen-bond donors (Lipinski definition) is 1. The van der Waals surface area contributed by atoms with E-state index in [9.17, 15) is 4.79 Å². The Morgan fingerprint density at radius 1 is 1.27 bits per heavy atom. The van der Waals surface area contributed by atoms with E-state index in [-0.39, 0.29) is 5.92 Å². The summed E-state index contributed by atoms with van der Waals surface area (Å²) in [5.74, 6) is 1.03. The number of carbonyl (C=O) groups is 1. The number of benzene rings is 1. The molecule has 0 spiro atoms. The van der Waals surface area contributed by atoms with E-state index in [0.717, 1.165) is 52.0 Å². The molecule has 4 heteroatoms. The van der Waals surface area contributed by atoms with Gasteiger partial charge in [0.2, 0.25) is 5.91 Å². The van der Waals surface area contributed by atoms with Crippen LogP contribution in [0.25, 0.3) is 0 Å². The van der Waals surface area contributed by atoms with Crippen LogP contribution in [-0.2, 0) is 16.1 Å². The van der Waals surface area contributed by atoms with Crippen LogP contribution in [0, 0.1) is 11.8 Å². The van der Waals surface area contributed by atoms with Crippen LogP contribution in [-0.4, -0.2) is 43.6 Å². The summed E-state index contributed by atoms with van der Waals surface area (Å²) < 4.78 is 5.83. The summed E-state index contributed by atoms with van der Waals surface area (Å²) in [7, 11) is 0. The van der Waals surface area contributed by atoms with Gasteiger partial charge in [0.05, 0.1) is 19.1 Å². The quantitative estimate of drug-likeness (QED) is 0.905. The highest BCUT2D eigenvalue weighted by Gasteiger charge is 2.31. The highest BCUT2D eigenvalue weighted by atomic mass is 16.5. The van der Waals surface area contributed by atoms with Crippen LogP contribution in [0.1, 0.15) is 24.8 Å². The van der Waals surface area contributed by atoms with Crippen molar-refractivity contribution in [2.45, 2.75) is 25.9 Å². The molecule has 0 saturated carbocycles. The van der Waals surface area contributed by atoms with Gasteiger partial charge in [0.1, 0.15) is 0 Å². The fraction of sp³-hybridized carbons (Fsp3) is 0.611. The maximum atomic E-state index is 12.5. The summed E-state index contributed by atoms with van der Waals surface area (Å²) in [4.78, 5) is 14.5. The molecule has 2 atom stereocenters. The molecule has 3 rings (SSSR count). The number of ether oxygens (including phenoxy) is 1. The SMILES string of the molecule is O=C(C1CCCNC1)N1CCC(COCc2ccccc2)C1. The predicted octanol–water partition coefficient (Wildman–Crippen LogP) is 2.05. The van der Waals surface area contributed by atoms with Gasteiger partial charge < -0.3 is 15.0 Å². The lowest BCUT2D eigenvalue weighted by Gasteiger charge is -2.26. The number of rotatable bonds is 5. The summed E-state index contributed by atoms with van der Waals surface area (Å²) in [5.41, 5.74) is 1.21. The molecule has 0 bridgehead atoms. The Morgan fingerprint density at radius 3 is 2.91 bits per heavy atom. The normalized spacial score (nSPS) is 25.4. The molecule has 2 unspecified atom stereocenters. The number of nitrogens with one attached hydrogen (secondary N) is 1. The zero-order valence-corrected chi connectivity index (χ0v) is 13.2. The Morgan fingerprint density at radius 2 is 2.14 bits per heavy atom. The van der Waals surface area contributed by atoms with Gasteiger partial charge in [-0.3, -0.25) is 4.79 Å². The Kier molecular flexibility index (Phi) is 5.46. The molecule has 0 aromatic heterocycles. The molecule has 1 N–H and O–H groups in total. The molecule has 0 radical (unpaired) electrons. The molecule has 2 aliphatic heterocycles. The van der Waals surface area contributed by atoms with Crippen molar-refractivity contribution in [3.8, 4) is 0 Å².